The van der Waals surface area contributed by atoms with Crippen LogP contribution in [-0.4, -0.2) is 61.7 Å². The Kier molecular flexibility index (Phi) is 6.54. The van der Waals surface area contributed by atoms with Gasteiger partial charge in [0.1, 0.15) is 0 Å². The second-order valence-electron chi connectivity index (χ2n) is 3.42. The van der Waals surface area contributed by atoms with Crippen molar-refractivity contribution < 1.29 is 9.90 Å². The minimum Gasteiger partial charge on any atom is -0.395 e. The maximum absolute atomic E-state index is 11.1. The van der Waals surface area contributed by atoms with Crippen molar-refractivity contribution in [3.63, 3.8) is 0 Å². The van der Waals surface area contributed by atoms with E-state index in [1.54, 1.807) is 19.0 Å². The fraction of sp³-hybridized carbons (Fsp3) is 0.889. The van der Waals surface area contributed by atoms with Crippen molar-refractivity contribution >= 4 is 5.91 Å². The van der Waals surface area contributed by atoms with Crippen molar-refractivity contribution in [2.75, 3.05) is 40.8 Å². The molecule has 78 valence electrons. The summed E-state index contributed by atoms with van der Waals surface area (Å²) in [4.78, 5) is 14.8. The normalized spacial score (nSPS) is 10.5. The van der Waals surface area contributed by atoms with Crippen LogP contribution in [0.4, 0.5) is 0 Å². The predicted molar refractivity (Wildman–Crippen MR) is 52.5 cm³/mol. The van der Waals surface area contributed by atoms with E-state index < -0.39 is 0 Å². The molecule has 0 saturated carbocycles. The highest BCUT2D eigenvalue weighted by molar-refractivity contribution is 5.75. The smallest absolute Gasteiger partial charge is 0.222 e. The number of carbonyl (C=O) groups excluding carboxylic acids is 1. The van der Waals surface area contributed by atoms with Gasteiger partial charge in [0.05, 0.1) is 6.61 Å². The molecule has 0 aromatic heterocycles. The van der Waals surface area contributed by atoms with Gasteiger partial charge >= 0.3 is 0 Å². The van der Waals surface area contributed by atoms with E-state index >= 15 is 0 Å². The van der Waals surface area contributed by atoms with Gasteiger partial charge < -0.3 is 14.9 Å². The molecular formula is C9H20N2O2. The largest absolute Gasteiger partial charge is 0.395 e. The summed E-state index contributed by atoms with van der Waals surface area (Å²) in [6.07, 6.45) is 1.44. The fourth-order valence-corrected chi connectivity index (χ4v) is 1.01. The molecule has 1 amide bonds. The highest BCUT2D eigenvalue weighted by Crippen LogP contribution is 1.95. The Balaban J connectivity index is 3.39. The van der Waals surface area contributed by atoms with Gasteiger partial charge in [0, 0.05) is 27.1 Å². The van der Waals surface area contributed by atoms with E-state index in [0.717, 1.165) is 13.0 Å². The molecule has 0 aliphatic rings. The lowest BCUT2D eigenvalue weighted by atomic mass is 10.2. The molecule has 0 aliphatic heterocycles. The van der Waals surface area contributed by atoms with Crippen molar-refractivity contribution in [1.29, 1.82) is 0 Å². The lowest BCUT2D eigenvalue weighted by Crippen LogP contribution is -2.26. The van der Waals surface area contributed by atoms with Gasteiger partial charge in [0.2, 0.25) is 5.91 Å². The Hall–Kier alpha value is -0.610. The van der Waals surface area contributed by atoms with Crippen molar-refractivity contribution in [2.24, 2.45) is 0 Å². The number of likely N-dealkylation sites (N-methyl/N-ethyl adjacent to an activating group) is 1. The van der Waals surface area contributed by atoms with Crippen LogP contribution < -0.4 is 0 Å². The quantitative estimate of drug-likeness (QED) is 0.626. The Morgan fingerprint density at radius 2 is 1.85 bits per heavy atom. The van der Waals surface area contributed by atoms with Gasteiger partial charge in [-0.15, -0.1) is 0 Å². The molecule has 0 radical (unpaired) electrons. The number of aliphatic hydroxyl groups is 1. The third-order valence-corrected chi connectivity index (χ3v) is 1.91. The molecular weight excluding hydrogens is 168 g/mol. The zero-order valence-corrected chi connectivity index (χ0v) is 8.79. The van der Waals surface area contributed by atoms with Crippen LogP contribution in [0, 0.1) is 0 Å². The van der Waals surface area contributed by atoms with E-state index in [1.807, 2.05) is 11.9 Å². The number of carbonyl (C=O) groups is 1. The minimum atomic E-state index is 0.164. The molecule has 13 heavy (non-hydrogen) atoms. The van der Waals surface area contributed by atoms with Gasteiger partial charge in [-0.2, -0.15) is 0 Å². The van der Waals surface area contributed by atoms with E-state index in [-0.39, 0.29) is 12.5 Å². The number of nitrogens with zero attached hydrogens (tertiary/aromatic N) is 2. The summed E-state index contributed by atoms with van der Waals surface area (Å²) in [5, 5.41) is 8.62. The fourth-order valence-electron chi connectivity index (χ4n) is 1.01. The first kappa shape index (κ1) is 12.4. The van der Waals surface area contributed by atoms with Crippen LogP contribution in [0.5, 0.6) is 0 Å². The third-order valence-electron chi connectivity index (χ3n) is 1.91. The standard InChI is InChI=1S/C9H20N2O2/c1-10(2)9(13)5-4-6-11(3)7-8-12/h12H,4-8H2,1-3H3. The molecule has 4 nitrogen and oxygen atoms in total. The topological polar surface area (TPSA) is 43.8 Å². The highest BCUT2D eigenvalue weighted by Gasteiger charge is 2.04. The van der Waals surface area contributed by atoms with Crippen LogP contribution in [-0.2, 0) is 4.79 Å². The van der Waals surface area contributed by atoms with Crippen LogP contribution >= 0.6 is 0 Å². The van der Waals surface area contributed by atoms with Gasteiger partial charge in [-0.05, 0) is 20.0 Å². The summed E-state index contributed by atoms with van der Waals surface area (Å²) in [6, 6.07) is 0. The second kappa shape index (κ2) is 6.86. The number of rotatable bonds is 6. The first-order valence-electron chi connectivity index (χ1n) is 4.57. The van der Waals surface area contributed by atoms with Crippen molar-refractivity contribution in [3.8, 4) is 0 Å². The second-order valence-corrected chi connectivity index (χ2v) is 3.42. The first-order valence-corrected chi connectivity index (χ1v) is 4.57. The van der Waals surface area contributed by atoms with E-state index in [4.69, 9.17) is 5.11 Å². The Morgan fingerprint density at radius 1 is 1.23 bits per heavy atom. The van der Waals surface area contributed by atoms with Crippen LogP contribution in [0.25, 0.3) is 0 Å². The van der Waals surface area contributed by atoms with Gasteiger partial charge in [-0.1, -0.05) is 0 Å². The average Bonchev–Trinajstić information content (AvgIpc) is 2.04. The SMILES string of the molecule is CN(CCO)CCCC(=O)N(C)C. The van der Waals surface area contributed by atoms with Crippen LogP contribution in [0.1, 0.15) is 12.8 Å². The maximum atomic E-state index is 11.1. The molecule has 0 bridgehead atoms. The number of hydrogen-bond donors (Lipinski definition) is 1. The average molecular weight is 188 g/mol. The summed E-state index contributed by atoms with van der Waals surface area (Å²) in [6.45, 7) is 1.72. The molecule has 0 atom stereocenters. The monoisotopic (exact) mass is 188 g/mol. The molecule has 0 aromatic carbocycles. The van der Waals surface area contributed by atoms with Crippen molar-refractivity contribution in [1.82, 2.24) is 9.80 Å². The lowest BCUT2D eigenvalue weighted by Gasteiger charge is -2.15. The highest BCUT2D eigenvalue weighted by atomic mass is 16.3. The molecule has 0 rings (SSSR count). The summed E-state index contributed by atoms with van der Waals surface area (Å²) in [7, 11) is 5.47. The molecule has 0 aromatic rings. The van der Waals surface area contributed by atoms with Crippen LogP contribution in [0.15, 0.2) is 0 Å². The van der Waals surface area contributed by atoms with E-state index in [2.05, 4.69) is 0 Å². The van der Waals surface area contributed by atoms with Gasteiger partial charge in [-0.25, -0.2) is 0 Å². The van der Waals surface area contributed by atoms with Gasteiger partial charge in [-0.3, -0.25) is 4.79 Å². The zero-order valence-electron chi connectivity index (χ0n) is 8.79. The molecule has 0 unspecified atom stereocenters. The predicted octanol–water partition coefficient (Wildman–Crippen LogP) is -0.221. The Bertz CT molecular complexity index is 149. The number of amides is 1. The molecule has 0 saturated heterocycles. The summed E-state index contributed by atoms with van der Waals surface area (Å²) < 4.78 is 0. The van der Waals surface area contributed by atoms with Crippen molar-refractivity contribution in [3.05, 3.63) is 0 Å². The Labute approximate surface area is 80.1 Å². The number of aliphatic hydroxyl groups excluding tert-OH is 1. The van der Waals surface area contributed by atoms with E-state index in [1.165, 1.54) is 0 Å². The van der Waals surface area contributed by atoms with Gasteiger partial charge in [0.15, 0.2) is 0 Å². The van der Waals surface area contributed by atoms with Crippen LogP contribution in [0.2, 0.25) is 0 Å². The molecule has 4 heteroatoms. The molecule has 0 spiro atoms. The van der Waals surface area contributed by atoms with Gasteiger partial charge in [0.25, 0.3) is 0 Å². The summed E-state index contributed by atoms with van der Waals surface area (Å²) in [5.74, 6) is 0.164. The van der Waals surface area contributed by atoms with Crippen molar-refractivity contribution in [2.45, 2.75) is 12.8 Å². The number of hydrogen-bond acceptors (Lipinski definition) is 3. The summed E-state index contributed by atoms with van der Waals surface area (Å²) in [5.41, 5.74) is 0. The van der Waals surface area contributed by atoms with E-state index in [0.29, 0.717) is 13.0 Å². The molecule has 0 fully saturated rings. The minimum absolute atomic E-state index is 0.164. The zero-order chi connectivity index (χ0) is 10.3. The van der Waals surface area contributed by atoms with E-state index in [9.17, 15) is 4.79 Å². The summed E-state index contributed by atoms with van der Waals surface area (Å²) >= 11 is 0. The molecule has 0 heterocycles. The first-order chi connectivity index (χ1) is 6.07. The third kappa shape index (κ3) is 6.54. The molecule has 0 aliphatic carbocycles. The lowest BCUT2D eigenvalue weighted by molar-refractivity contribution is -0.128. The van der Waals surface area contributed by atoms with Crippen LogP contribution in [0.3, 0.4) is 0 Å². The maximum Gasteiger partial charge on any atom is 0.222 e. The Morgan fingerprint density at radius 3 is 2.31 bits per heavy atom. The molecule has 1 N–H and O–H groups in total.